The molecule has 1 aliphatic heterocycles. The van der Waals surface area contributed by atoms with Crippen molar-refractivity contribution in [2.45, 2.75) is 32.5 Å². The van der Waals surface area contributed by atoms with E-state index in [1.807, 2.05) is 59.0 Å². The number of aromatic nitrogens is 4. The summed E-state index contributed by atoms with van der Waals surface area (Å²) in [5.74, 6) is 0.426. The van der Waals surface area contributed by atoms with Crippen LogP contribution in [0.25, 0.3) is 0 Å². The smallest absolute Gasteiger partial charge is 0.223 e. The molecule has 1 saturated heterocycles. The third-order valence-electron chi connectivity index (χ3n) is 5.90. The average Bonchev–Trinajstić information content (AvgIpc) is 3.37. The fourth-order valence-corrected chi connectivity index (χ4v) is 4.16. The summed E-state index contributed by atoms with van der Waals surface area (Å²) in [7, 11) is 3.84. The molecule has 7 heteroatoms. The van der Waals surface area contributed by atoms with Gasteiger partial charge in [0.1, 0.15) is 0 Å². The Morgan fingerprint density at radius 1 is 1.10 bits per heavy atom. The Kier molecular flexibility index (Phi) is 5.49. The highest BCUT2D eigenvalue weighted by atomic mass is 16.2. The normalized spacial score (nSPS) is 19.3. The Hall–Kier alpha value is -2.93. The standard InChI is InChI=1S/C22H28N6O/c1-16-20(13-24-27(16)3)22-19(9-21(29)26(22)2)12-23-10-18-11-25-28(15-18)14-17-7-5-4-6-8-17/h4-8,11,13,15,19,22-23H,9-10,12,14H2,1-3H3/t19-,22+/m0/s1. The van der Waals surface area contributed by atoms with Gasteiger partial charge in [-0.3, -0.25) is 14.2 Å². The van der Waals surface area contributed by atoms with Crippen molar-refractivity contribution < 1.29 is 4.79 Å². The first-order chi connectivity index (χ1) is 14.0. The minimum atomic E-state index is 0.0736. The minimum Gasteiger partial charge on any atom is -0.338 e. The largest absolute Gasteiger partial charge is 0.338 e. The fourth-order valence-electron chi connectivity index (χ4n) is 4.16. The van der Waals surface area contributed by atoms with E-state index in [0.29, 0.717) is 6.42 Å². The first kappa shape index (κ1) is 19.4. The van der Waals surface area contributed by atoms with Crippen LogP contribution >= 0.6 is 0 Å². The van der Waals surface area contributed by atoms with E-state index >= 15 is 0 Å². The summed E-state index contributed by atoms with van der Waals surface area (Å²) in [6.07, 6.45) is 6.45. The van der Waals surface area contributed by atoms with Crippen LogP contribution < -0.4 is 5.32 Å². The molecule has 4 rings (SSSR count). The number of amides is 1. The van der Waals surface area contributed by atoms with Gasteiger partial charge < -0.3 is 10.2 Å². The predicted molar refractivity (Wildman–Crippen MR) is 111 cm³/mol. The number of hydrogen-bond acceptors (Lipinski definition) is 4. The monoisotopic (exact) mass is 392 g/mol. The van der Waals surface area contributed by atoms with Gasteiger partial charge in [-0.2, -0.15) is 10.2 Å². The zero-order chi connectivity index (χ0) is 20.4. The number of likely N-dealkylation sites (tertiary alicyclic amines) is 1. The molecule has 7 nitrogen and oxygen atoms in total. The Labute approximate surface area is 171 Å². The second-order valence-corrected chi connectivity index (χ2v) is 7.89. The molecular weight excluding hydrogens is 364 g/mol. The van der Waals surface area contributed by atoms with E-state index in [1.54, 1.807) is 0 Å². The molecule has 0 saturated carbocycles. The number of rotatable bonds is 7. The van der Waals surface area contributed by atoms with E-state index in [0.717, 1.165) is 36.5 Å². The van der Waals surface area contributed by atoms with Crippen LogP contribution in [-0.2, 0) is 24.9 Å². The lowest BCUT2D eigenvalue weighted by Gasteiger charge is -2.25. The van der Waals surface area contributed by atoms with Gasteiger partial charge in [0.05, 0.1) is 25.0 Å². The molecule has 0 radical (unpaired) electrons. The van der Waals surface area contributed by atoms with Crippen LogP contribution in [-0.4, -0.2) is 44.0 Å². The molecule has 2 atom stereocenters. The Bertz CT molecular complexity index is 976. The van der Waals surface area contributed by atoms with Gasteiger partial charge in [0.15, 0.2) is 0 Å². The molecule has 1 fully saturated rings. The molecule has 1 N–H and O–H groups in total. The molecule has 1 aliphatic rings. The lowest BCUT2D eigenvalue weighted by atomic mass is 9.94. The molecule has 1 amide bonds. The van der Waals surface area contributed by atoms with Crippen molar-refractivity contribution in [2.24, 2.45) is 13.0 Å². The quantitative estimate of drug-likeness (QED) is 0.670. The number of aryl methyl sites for hydroxylation is 1. The zero-order valence-corrected chi connectivity index (χ0v) is 17.2. The summed E-state index contributed by atoms with van der Waals surface area (Å²) in [5.41, 5.74) is 4.64. The number of hydrogen-bond donors (Lipinski definition) is 1. The SMILES string of the molecule is Cc1c([C@H]2[C@H](CNCc3cnn(Cc4ccccc4)c3)CC(=O)N2C)cnn1C. The molecule has 0 spiro atoms. The Morgan fingerprint density at radius 2 is 1.90 bits per heavy atom. The zero-order valence-electron chi connectivity index (χ0n) is 17.2. The summed E-state index contributed by atoms with van der Waals surface area (Å²) in [5, 5.41) is 12.4. The molecule has 3 aromatic rings. The molecule has 29 heavy (non-hydrogen) atoms. The van der Waals surface area contributed by atoms with Crippen molar-refractivity contribution in [1.82, 2.24) is 29.8 Å². The van der Waals surface area contributed by atoms with E-state index < -0.39 is 0 Å². The third-order valence-corrected chi connectivity index (χ3v) is 5.90. The van der Waals surface area contributed by atoms with Crippen molar-refractivity contribution in [3.8, 4) is 0 Å². The summed E-state index contributed by atoms with van der Waals surface area (Å²) < 4.78 is 3.83. The first-order valence-corrected chi connectivity index (χ1v) is 10.0. The van der Waals surface area contributed by atoms with E-state index in [9.17, 15) is 4.79 Å². The Balaban J connectivity index is 1.36. The van der Waals surface area contributed by atoms with Gasteiger partial charge in [0.2, 0.25) is 5.91 Å². The van der Waals surface area contributed by atoms with Gasteiger partial charge in [0.25, 0.3) is 0 Å². The minimum absolute atomic E-state index is 0.0736. The van der Waals surface area contributed by atoms with Gasteiger partial charge in [-0.05, 0) is 12.5 Å². The highest BCUT2D eigenvalue weighted by Crippen LogP contribution is 2.37. The van der Waals surface area contributed by atoms with Crippen LogP contribution in [0, 0.1) is 12.8 Å². The summed E-state index contributed by atoms with van der Waals surface area (Å²) in [6.45, 7) is 4.34. The summed E-state index contributed by atoms with van der Waals surface area (Å²) in [4.78, 5) is 14.2. The maximum absolute atomic E-state index is 12.4. The van der Waals surface area contributed by atoms with Gasteiger partial charge in [-0.1, -0.05) is 30.3 Å². The average molecular weight is 393 g/mol. The molecule has 1 aromatic carbocycles. The van der Waals surface area contributed by atoms with Gasteiger partial charge in [0, 0.05) is 62.5 Å². The van der Waals surface area contributed by atoms with E-state index in [2.05, 4.69) is 40.8 Å². The number of nitrogens with one attached hydrogen (secondary N) is 1. The molecule has 0 aliphatic carbocycles. The molecule has 152 valence electrons. The van der Waals surface area contributed by atoms with E-state index in [-0.39, 0.29) is 17.9 Å². The van der Waals surface area contributed by atoms with Crippen LogP contribution in [0.4, 0.5) is 0 Å². The van der Waals surface area contributed by atoms with Gasteiger partial charge in [-0.15, -0.1) is 0 Å². The van der Waals surface area contributed by atoms with Crippen molar-refractivity contribution >= 4 is 5.91 Å². The molecule has 0 unspecified atom stereocenters. The first-order valence-electron chi connectivity index (χ1n) is 10.0. The van der Waals surface area contributed by atoms with E-state index in [4.69, 9.17) is 0 Å². The molecule has 3 heterocycles. The summed E-state index contributed by atoms with van der Waals surface area (Å²) >= 11 is 0. The lowest BCUT2D eigenvalue weighted by Crippen LogP contribution is -2.29. The lowest BCUT2D eigenvalue weighted by molar-refractivity contribution is -0.127. The second-order valence-electron chi connectivity index (χ2n) is 7.89. The topological polar surface area (TPSA) is 68.0 Å². The van der Waals surface area contributed by atoms with Crippen LogP contribution in [0.1, 0.15) is 34.8 Å². The number of carbonyl (C=O) groups is 1. The molecule has 2 aromatic heterocycles. The van der Waals surface area contributed by atoms with Crippen molar-refractivity contribution in [3.63, 3.8) is 0 Å². The summed E-state index contributed by atoms with van der Waals surface area (Å²) in [6, 6.07) is 10.4. The third kappa shape index (κ3) is 4.10. The van der Waals surface area contributed by atoms with Crippen LogP contribution in [0.3, 0.4) is 0 Å². The number of benzene rings is 1. The number of carbonyl (C=O) groups excluding carboxylic acids is 1. The predicted octanol–water partition coefficient (Wildman–Crippen LogP) is 2.28. The number of nitrogens with zero attached hydrogens (tertiary/aromatic N) is 5. The maximum atomic E-state index is 12.4. The van der Waals surface area contributed by atoms with Crippen LogP contribution in [0.2, 0.25) is 0 Å². The molecule has 0 bridgehead atoms. The van der Waals surface area contributed by atoms with Crippen LogP contribution in [0.5, 0.6) is 0 Å². The van der Waals surface area contributed by atoms with Crippen molar-refractivity contribution in [3.05, 3.63) is 71.3 Å². The highest BCUT2D eigenvalue weighted by Gasteiger charge is 2.39. The van der Waals surface area contributed by atoms with Gasteiger partial charge >= 0.3 is 0 Å². The van der Waals surface area contributed by atoms with Crippen molar-refractivity contribution in [2.75, 3.05) is 13.6 Å². The maximum Gasteiger partial charge on any atom is 0.223 e. The Morgan fingerprint density at radius 3 is 2.62 bits per heavy atom. The second kappa shape index (κ2) is 8.21. The highest BCUT2D eigenvalue weighted by molar-refractivity contribution is 5.79. The molecular formula is C22H28N6O. The fraction of sp³-hybridized carbons (Fsp3) is 0.409. The van der Waals surface area contributed by atoms with Gasteiger partial charge in [-0.25, -0.2) is 0 Å². The van der Waals surface area contributed by atoms with Crippen LogP contribution in [0.15, 0.2) is 48.9 Å². The van der Waals surface area contributed by atoms with E-state index in [1.165, 1.54) is 5.56 Å². The van der Waals surface area contributed by atoms with Crippen molar-refractivity contribution in [1.29, 1.82) is 0 Å².